The molecule has 1 aliphatic rings. The Bertz CT molecular complexity index is 1190. The molecule has 4 aromatic rings. The Hall–Kier alpha value is -2.88. The van der Waals surface area contributed by atoms with Gasteiger partial charge in [-0.3, -0.25) is 4.90 Å². The molecule has 0 unspecified atom stereocenters. The normalized spacial score (nSPS) is 14.6. The van der Waals surface area contributed by atoms with Gasteiger partial charge >= 0.3 is 0 Å². The van der Waals surface area contributed by atoms with Gasteiger partial charge < -0.3 is 4.74 Å². The zero-order valence-electron chi connectivity index (χ0n) is 19.2. The van der Waals surface area contributed by atoms with Crippen molar-refractivity contribution in [3.05, 3.63) is 60.4 Å². The molecular weight excluding hydrogens is 446 g/mol. The fourth-order valence-electron chi connectivity index (χ4n) is 3.98. The summed E-state index contributed by atoms with van der Waals surface area (Å²) < 4.78 is 5.47. The lowest BCUT2D eigenvalue weighted by Crippen LogP contribution is -2.36. The molecule has 9 heteroatoms. The van der Waals surface area contributed by atoms with Crippen LogP contribution in [0.3, 0.4) is 0 Å². The third-order valence-corrected chi connectivity index (χ3v) is 6.89. The van der Waals surface area contributed by atoms with Crippen molar-refractivity contribution in [3.63, 3.8) is 0 Å². The molecule has 5 rings (SSSR count). The van der Waals surface area contributed by atoms with Gasteiger partial charge in [0.25, 0.3) is 0 Å². The summed E-state index contributed by atoms with van der Waals surface area (Å²) in [7, 11) is 0. The number of para-hydroxylation sites is 1. The van der Waals surface area contributed by atoms with Crippen LogP contribution in [0.4, 0.5) is 0 Å². The van der Waals surface area contributed by atoms with Crippen LogP contribution in [0.15, 0.2) is 59.6 Å². The number of unbranched alkanes of at least 4 members (excludes halogenated alkanes) is 2. The number of aromatic nitrogens is 6. The summed E-state index contributed by atoms with van der Waals surface area (Å²) in [5.74, 6) is 2.60. The lowest BCUT2D eigenvalue weighted by Gasteiger charge is -2.25. The molecule has 1 saturated heterocycles. The fraction of sp³-hybridized carbons (Fsp3) is 0.400. The summed E-state index contributed by atoms with van der Waals surface area (Å²) in [5.41, 5.74) is 2.02. The van der Waals surface area contributed by atoms with Gasteiger partial charge in [-0.1, -0.05) is 55.0 Å². The maximum atomic E-state index is 5.47. The minimum atomic E-state index is 0.680. The van der Waals surface area contributed by atoms with E-state index in [2.05, 4.69) is 38.5 Å². The minimum absolute atomic E-state index is 0.680. The molecule has 0 spiro atoms. The van der Waals surface area contributed by atoms with Gasteiger partial charge in [-0.05, 0) is 29.9 Å². The first-order valence-corrected chi connectivity index (χ1v) is 12.9. The van der Waals surface area contributed by atoms with Crippen molar-refractivity contribution in [2.24, 2.45) is 0 Å². The number of aryl methyl sites for hydroxylation is 1. The number of hydrogen-bond donors (Lipinski definition) is 0. The molecule has 3 heterocycles. The Morgan fingerprint density at radius 3 is 2.59 bits per heavy atom. The van der Waals surface area contributed by atoms with Crippen molar-refractivity contribution in [1.29, 1.82) is 0 Å². The van der Waals surface area contributed by atoms with Crippen molar-refractivity contribution in [1.82, 2.24) is 35.1 Å². The zero-order chi connectivity index (χ0) is 23.0. The zero-order valence-corrected chi connectivity index (χ0v) is 20.0. The topological polar surface area (TPSA) is 81.9 Å². The Morgan fingerprint density at radius 2 is 1.71 bits per heavy atom. The highest BCUT2D eigenvalue weighted by molar-refractivity contribution is 7.99. The molecule has 34 heavy (non-hydrogen) atoms. The Morgan fingerprint density at radius 1 is 0.882 bits per heavy atom. The van der Waals surface area contributed by atoms with Gasteiger partial charge in [0, 0.05) is 24.0 Å². The van der Waals surface area contributed by atoms with Crippen LogP contribution in [0, 0.1) is 0 Å². The van der Waals surface area contributed by atoms with E-state index >= 15 is 0 Å². The second-order valence-electron chi connectivity index (χ2n) is 8.33. The number of ether oxygens (including phenoxy) is 1. The van der Waals surface area contributed by atoms with Gasteiger partial charge in [0.15, 0.2) is 0 Å². The van der Waals surface area contributed by atoms with E-state index in [0.717, 1.165) is 91.7 Å². The van der Waals surface area contributed by atoms with E-state index in [1.54, 1.807) is 4.80 Å². The van der Waals surface area contributed by atoms with Gasteiger partial charge in [0.1, 0.15) is 10.9 Å². The molecule has 0 atom stereocenters. The summed E-state index contributed by atoms with van der Waals surface area (Å²) in [4.78, 5) is 13.8. The monoisotopic (exact) mass is 475 g/mol. The van der Waals surface area contributed by atoms with Crippen molar-refractivity contribution in [2.75, 3.05) is 32.1 Å². The minimum Gasteiger partial charge on any atom is -0.379 e. The smallest absolute Gasteiger partial charge is 0.204 e. The number of fused-ring (bicyclic) bond motifs is 1. The van der Waals surface area contributed by atoms with Crippen LogP contribution in [0.5, 0.6) is 0 Å². The summed E-state index contributed by atoms with van der Waals surface area (Å²) in [6.07, 6.45) is 3.25. The molecule has 0 saturated carbocycles. The highest BCUT2D eigenvalue weighted by Gasteiger charge is 2.14. The van der Waals surface area contributed by atoms with Crippen molar-refractivity contribution >= 4 is 22.7 Å². The highest BCUT2D eigenvalue weighted by Crippen LogP contribution is 2.26. The molecule has 0 bridgehead atoms. The average molecular weight is 476 g/mol. The summed E-state index contributed by atoms with van der Waals surface area (Å²) >= 11 is 1.83. The molecule has 176 valence electrons. The maximum Gasteiger partial charge on any atom is 0.204 e. The Labute approximate surface area is 203 Å². The van der Waals surface area contributed by atoms with E-state index in [0.29, 0.717) is 5.82 Å². The number of benzene rings is 2. The van der Waals surface area contributed by atoms with Gasteiger partial charge in [-0.2, -0.15) is 4.80 Å². The van der Waals surface area contributed by atoms with Crippen LogP contribution in [-0.2, 0) is 17.8 Å². The van der Waals surface area contributed by atoms with Crippen LogP contribution in [0.2, 0.25) is 0 Å². The number of thioether (sulfide) groups is 1. The molecule has 8 nitrogen and oxygen atoms in total. The number of hydrogen-bond acceptors (Lipinski definition) is 8. The first kappa shape index (κ1) is 22.9. The summed E-state index contributed by atoms with van der Waals surface area (Å²) in [6, 6.07) is 18.3. The molecule has 0 radical (unpaired) electrons. The number of tetrazole rings is 1. The quantitative estimate of drug-likeness (QED) is 0.193. The van der Waals surface area contributed by atoms with Gasteiger partial charge in [-0.25, -0.2) is 9.97 Å². The predicted octanol–water partition coefficient (Wildman–Crippen LogP) is 4.08. The van der Waals surface area contributed by atoms with Crippen molar-refractivity contribution < 1.29 is 4.74 Å². The van der Waals surface area contributed by atoms with Crippen molar-refractivity contribution in [3.8, 4) is 11.4 Å². The van der Waals surface area contributed by atoms with Crippen LogP contribution in [-0.4, -0.2) is 67.1 Å². The fourth-order valence-corrected chi connectivity index (χ4v) is 5.01. The largest absolute Gasteiger partial charge is 0.379 e. The molecular formula is C25H29N7OS. The first-order valence-electron chi connectivity index (χ1n) is 11.9. The van der Waals surface area contributed by atoms with Crippen molar-refractivity contribution in [2.45, 2.75) is 37.4 Å². The van der Waals surface area contributed by atoms with Crippen LogP contribution >= 0.6 is 11.8 Å². The molecule has 2 aromatic heterocycles. The number of rotatable bonds is 10. The molecule has 2 aromatic carbocycles. The molecule has 1 fully saturated rings. The Kier molecular flexibility index (Phi) is 7.74. The van der Waals surface area contributed by atoms with Crippen LogP contribution < -0.4 is 0 Å². The predicted molar refractivity (Wildman–Crippen MR) is 133 cm³/mol. The first-order chi connectivity index (χ1) is 16.8. The van der Waals surface area contributed by atoms with E-state index in [9.17, 15) is 0 Å². The van der Waals surface area contributed by atoms with E-state index in [1.807, 2.05) is 48.2 Å². The lowest BCUT2D eigenvalue weighted by molar-refractivity contribution is 0.0330. The number of morpholine rings is 1. The van der Waals surface area contributed by atoms with E-state index in [1.165, 1.54) is 0 Å². The van der Waals surface area contributed by atoms with E-state index < -0.39 is 0 Å². The van der Waals surface area contributed by atoms with Crippen LogP contribution in [0.25, 0.3) is 22.3 Å². The van der Waals surface area contributed by atoms with Crippen LogP contribution in [0.1, 0.15) is 25.1 Å². The van der Waals surface area contributed by atoms with Gasteiger partial charge in [0.2, 0.25) is 5.82 Å². The lowest BCUT2D eigenvalue weighted by atomic mass is 10.2. The molecule has 0 amide bonds. The molecule has 0 aliphatic carbocycles. The summed E-state index contributed by atoms with van der Waals surface area (Å²) in [5, 5.41) is 15.1. The number of nitrogens with zero attached hydrogens (tertiary/aromatic N) is 7. The summed E-state index contributed by atoms with van der Waals surface area (Å²) in [6.45, 7) is 5.00. The standard InChI is InChI=1S/C25H29N7OS/c1-3-9-20(10-4-1)24-28-30-32(29-24)13-7-2-8-18-34-25-21-11-5-6-12-22(21)26-23(27-25)19-31-14-16-33-17-15-31/h1,3-6,9-12H,2,7-8,13-19H2. The third-order valence-electron chi connectivity index (χ3n) is 5.81. The van der Waals surface area contributed by atoms with E-state index in [-0.39, 0.29) is 0 Å². The SMILES string of the molecule is c1ccc(-c2nnn(CCCCCSc3nc(CN4CCOCC4)nc4ccccc34)n2)cc1. The maximum absolute atomic E-state index is 5.47. The average Bonchev–Trinajstić information content (AvgIpc) is 3.36. The van der Waals surface area contributed by atoms with Gasteiger partial charge in [-0.15, -0.1) is 22.0 Å². The highest BCUT2D eigenvalue weighted by atomic mass is 32.2. The molecule has 1 aliphatic heterocycles. The second-order valence-corrected chi connectivity index (χ2v) is 9.42. The second kappa shape index (κ2) is 11.5. The third kappa shape index (κ3) is 5.97. The molecule has 0 N–H and O–H groups in total. The Balaban J connectivity index is 1.12. The van der Waals surface area contributed by atoms with Gasteiger partial charge in [0.05, 0.1) is 31.8 Å². The van der Waals surface area contributed by atoms with E-state index in [4.69, 9.17) is 14.7 Å².